The first kappa shape index (κ1) is 21.1. The molecule has 1 aliphatic heterocycles. The minimum absolute atomic E-state index is 0.0396. The van der Waals surface area contributed by atoms with Gasteiger partial charge in [-0.25, -0.2) is 9.78 Å². The van der Waals surface area contributed by atoms with Crippen molar-refractivity contribution < 1.29 is 14.3 Å². The molecule has 1 aromatic carbocycles. The summed E-state index contributed by atoms with van der Waals surface area (Å²) >= 11 is 0. The van der Waals surface area contributed by atoms with Gasteiger partial charge < -0.3 is 4.74 Å². The van der Waals surface area contributed by atoms with Crippen LogP contribution in [-0.4, -0.2) is 27.4 Å². The summed E-state index contributed by atoms with van der Waals surface area (Å²) in [6.45, 7) is 2.43. The highest BCUT2D eigenvalue weighted by Gasteiger charge is 2.55. The largest absolute Gasteiger partial charge is 0.451 e. The number of carbonyl (C=O) groups excluding carboxylic acids is 2. The van der Waals surface area contributed by atoms with E-state index in [-0.39, 0.29) is 16.8 Å². The normalized spacial score (nSPS) is 31.1. The third kappa shape index (κ3) is 3.53. The van der Waals surface area contributed by atoms with Crippen LogP contribution in [0.2, 0.25) is 0 Å². The summed E-state index contributed by atoms with van der Waals surface area (Å²) in [6, 6.07) is 4.94. The van der Waals surface area contributed by atoms with Crippen LogP contribution in [0.4, 0.5) is 0 Å². The fourth-order valence-electron chi connectivity index (χ4n) is 7.67. The number of rotatable bonds is 4. The van der Waals surface area contributed by atoms with E-state index in [1.54, 1.807) is 29.7 Å². The van der Waals surface area contributed by atoms with E-state index in [4.69, 9.17) is 9.72 Å². The first-order valence-electron chi connectivity index (χ1n) is 12.7. The zero-order valence-corrected chi connectivity index (χ0v) is 19.3. The van der Waals surface area contributed by atoms with Crippen LogP contribution in [0.5, 0.6) is 0 Å². The molecule has 4 saturated carbocycles. The van der Waals surface area contributed by atoms with Gasteiger partial charge in [0.2, 0.25) is 0 Å². The summed E-state index contributed by atoms with van der Waals surface area (Å²) in [5.41, 5.74) is 0.550. The van der Waals surface area contributed by atoms with Crippen molar-refractivity contribution in [2.75, 3.05) is 0 Å². The molecule has 0 N–H and O–H groups in total. The Kier molecular flexibility index (Phi) is 4.96. The molecule has 2 aromatic rings. The highest BCUT2D eigenvalue weighted by atomic mass is 16.5. The van der Waals surface area contributed by atoms with Gasteiger partial charge in [-0.2, -0.15) is 0 Å². The van der Waals surface area contributed by atoms with E-state index in [2.05, 4.69) is 0 Å². The van der Waals surface area contributed by atoms with E-state index in [1.165, 1.54) is 19.3 Å². The molecule has 0 amide bonds. The standard InChI is InChI=1S/C27H32N2O4/c1-16(24(30)27-13-17-9-18(14-27)11-19(10-17)15-27)33-26(32)20-6-7-21-22(12-20)28-23-5-3-2-4-8-29(23)25(21)31/h6-7,12,16-19H,2-5,8-11,13-15H2,1H3/t16-,17?,18?,19?,27?/m1/s1. The van der Waals surface area contributed by atoms with Gasteiger partial charge in [0.05, 0.1) is 16.5 Å². The number of ketones is 1. The SMILES string of the molecule is C[C@@H](OC(=O)c1ccc2c(=O)n3c(nc2c1)CCCCC3)C(=O)C12CC3CC(CC(C3)C1)C2. The molecular weight excluding hydrogens is 416 g/mol. The van der Waals surface area contributed by atoms with Crippen LogP contribution in [0.1, 0.15) is 80.9 Å². The Balaban J connectivity index is 1.23. The van der Waals surface area contributed by atoms with Gasteiger partial charge in [-0.1, -0.05) is 6.42 Å². The third-order valence-electron chi connectivity index (χ3n) is 8.77. The third-order valence-corrected chi connectivity index (χ3v) is 8.77. The topological polar surface area (TPSA) is 78.3 Å². The summed E-state index contributed by atoms with van der Waals surface area (Å²) in [7, 11) is 0. The van der Waals surface area contributed by atoms with Crippen molar-refractivity contribution in [2.45, 2.75) is 83.8 Å². The van der Waals surface area contributed by atoms with Crippen molar-refractivity contribution in [1.29, 1.82) is 0 Å². The maximum absolute atomic E-state index is 13.5. The molecule has 1 atom stereocenters. The van der Waals surface area contributed by atoms with Crippen LogP contribution in [0.25, 0.3) is 10.9 Å². The Labute approximate surface area is 193 Å². The number of ether oxygens (including phenoxy) is 1. The summed E-state index contributed by atoms with van der Waals surface area (Å²) < 4.78 is 7.48. The monoisotopic (exact) mass is 448 g/mol. The molecule has 6 heteroatoms. The Bertz CT molecular complexity index is 1160. The van der Waals surface area contributed by atoms with Crippen molar-refractivity contribution in [1.82, 2.24) is 9.55 Å². The quantitative estimate of drug-likeness (QED) is 0.646. The number of fused-ring (bicyclic) bond motifs is 2. The van der Waals surface area contributed by atoms with Gasteiger partial charge in [0, 0.05) is 18.4 Å². The lowest BCUT2D eigenvalue weighted by molar-refractivity contribution is -0.152. The number of benzene rings is 1. The van der Waals surface area contributed by atoms with Crippen molar-refractivity contribution in [2.24, 2.45) is 23.2 Å². The van der Waals surface area contributed by atoms with Crippen LogP contribution in [0, 0.1) is 23.2 Å². The molecule has 1 aromatic heterocycles. The molecule has 33 heavy (non-hydrogen) atoms. The van der Waals surface area contributed by atoms with Crippen molar-refractivity contribution in [3.05, 3.63) is 39.9 Å². The van der Waals surface area contributed by atoms with Gasteiger partial charge in [-0.15, -0.1) is 0 Å². The van der Waals surface area contributed by atoms with Gasteiger partial charge in [0.25, 0.3) is 5.56 Å². The number of hydrogen-bond donors (Lipinski definition) is 0. The number of carbonyl (C=O) groups is 2. The van der Waals surface area contributed by atoms with E-state index >= 15 is 0 Å². The average Bonchev–Trinajstić information content (AvgIpc) is 3.03. The lowest BCUT2D eigenvalue weighted by atomic mass is 9.48. The van der Waals surface area contributed by atoms with Gasteiger partial charge in [0.15, 0.2) is 11.9 Å². The van der Waals surface area contributed by atoms with E-state index in [0.29, 0.717) is 40.8 Å². The lowest BCUT2D eigenvalue weighted by Gasteiger charge is -2.56. The second kappa shape index (κ2) is 7.78. The molecule has 0 unspecified atom stereocenters. The van der Waals surface area contributed by atoms with E-state index in [0.717, 1.165) is 50.8 Å². The molecule has 0 saturated heterocycles. The Morgan fingerprint density at radius 2 is 1.76 bits per heavy atom. The maximum atomic E-state index is 13.5. The fourth-order valence-corrected chi connectivity index (χ4v) is 7.67. The van der Waals surface area contributed by atoms with E-state index < -0.39 is 12.1 Å². The van der Waals surface area contributed by atoms with Crippen LogP contribution >= 0.6 is 0 Å². The van der Waals surface area contributed by atoms with Crippen molar-refractivity contribution in [3.63, 3.8) is 0 Å². The molecule has 2 heterocycles. The number of aryl methyl sites for hydroxylation is 1. The number of Topliss-reactive ketones (excluding diaryl/α,β-unsaturated/α-hetero) is 1. The molecule has 0 radical (unpaired) electrons. The summed E-state index contributed by atoms with van der Waals surface area (Å²) in [4.78, 5) is 44.1. The zero-order chi connectivity index (χ0) is 22.7. The zero-order valence-electron chi connectivity index (χ0n) is 19.3. The van der Waals surface area contributed by atoms with Crippen LogP contribution in [0.15, 0.2) is 23.0 Å². The van der Waals surface area contributed by atoms with E-state index in [1.807, 2.05) is 0 Å². The summed E-state index contributed by atoms with van der Waals surface area (Å²) in [5.74, 6) is 2.40. The van der Waals surface area contributed by atoms with Crippen LogP contribution < -0.4 is 5.56 Å². The Hall–Kier alpha value is -2.50. The smallest absolute Gasteiger partial charge is 0.338 e. The van der Waals surface area contributed by atoms with Crippen LogP contribution in [0.3, 0.4) is 0 Å². The molecular formula is C27H32N2O4. The lowest BCUT2D eigenvalue weighted by Crippen LogP contribution is -2.52. The second-order valence-corrected chi connectivity index (χ2v) is 11.1. The Morgan fingerprint density at radius 1 is 1.06 bits per heavy atom. The van der Waals surface area contributed by atoms with E-state index in [9.17, 15) is 14.4 Å². The first-order chi connectivity index (χ1) is 15.9. The molecule has 7 rings (SSSR count). The molecule has 4 aliphatic carbocycles. The predicted molar refractivity (Wildman–Crippen MR) is 124 cm³/mol. The summed E-state index contributed by atoms with van der Waals surface area (Å²) in [5, 5.41) is 0.523. The average molecular weight is 449 g/mol. The molecule has 4 fully saturated rings. The first-order valence-corrected chi connectivity index (χ1v) is 12.7. The Morgan fingerprint density at radius 3 is 2.45 bits per heavy atom. The minimum atomic E-state index is -0.755. The number of aromatic nitrogens is 2. The van der Waals surface area contributed by atoms with Crippen LogP contribution in [-0.2, 0) is 22.5 Å². The van der Waals surface area contributed by atoms with Gasteiger partial charge in [-0.3, -0.25) is 14.2 Å². The molecule has 5 aliphatic rings. The van der Waals surface area contributed by atoms with Crippen molar-refractivity contribution in [3.8, 4) is 0 Å². The van der Waals surface area contributed by atoms with Gasteiger partial charge in [-0.05, 0) is 94.2 Å². The highest BCUT2D eigenvalue weighted by molar-refractivity contribution is 5.97. The molecule has 174 valence electrons. The molecule has 0 spiro atoms. The number of esters is 1. The number of nitrogens with zero attached hydrogens (tertiary/aromatic N) is 2. The highest BCUT2D eigenvalue weighted by Crippen LogP contribution is 2.60. The molecule has 4 bridgehead atoms. The van der Waals surface area contributed by atoms with Crippen molar-refractivity contribution >= 4 is 22.7 Å². The van der Waals surface area contributed by atoms with Gasteiger partial charge in [0.1, 0.15) is 5.82 Å². The van der Waals surface area contributed by atoms with Gasteiger partial charge >= 0.3 is 5.97 Å². The predicted octanol–water partition coefficient (Wildman–Crippen LogP) is 4.45. The fraction of sp³-hybridized carbons (Fsp3) is 0.630. The second-order valence-electron chi connectivity index (χ2n) is 11.1. The molecule has 6 nitrogen and oxygen atoms in total. The number of hydrogen-bond acceptors (Lipinski definition) is 5. The maximum Gasteiger partial charge on any atom is 0.338 e. The minimum Gasteiger partial charge on any atom is -0.451 e. The summed E-state index contributed by atoms with van der Waals surface area (Å²) in [6.07, 6.45) is 9.83.